The van der Waals surface area contributed by atoms with Crippen LogP contribution in [0.25, 0.3) is 0 Å². The summed E-state index contributed by atoms with van der Waals surface area (Å²) >= 11 is 0. The van der Waals surface area contributed by atoms with Crippen LogP contribution in [-0.4, -0.2) is 23.4 Å². The van der Waals surface area contributed by atoms with Crippen molar-refractivity contribution >= 4 is 0 Å². The molecule has 0 atom stereocenters. The van der Waals surface area contributed by atoms with Crippen LogP contribution in [0.4, 0.5) is 0 Å². The van der Waals surface area contributed by atoms with Gasteiger partial charge >= 0.3 is 21.7 Å². The molecule has 2 nitrogen and oxygen atoms in total. The molecule has 0 aromatic heterocycles. The summed E-state index contributed by atoms with van der Waals surface area (Å²) in [4.78, 5) is 0. The average molecular weight is 213 g/mol. The van der Waals surface area contributed by atoms with Gasteiger partial charge in [-0.1, -0.05) is 13.8 Å². The third kappa shape index (κ3) is 142. The van der Waals surface area contributed by atoms with Gasteiger partial charge in [0.15, 0.2) is 0 Å². The normalized spacial score (nSPS) is 5.00. The topological polar surface area (TPSA) is 40.5 Å². The van der Waals surface area contributed by atoms with Crippen LogP contribution >= 0.6 is 0 Å². The summed E-state index contributed by atoms with van der Waals surface area (Å²) in [5, 5.41) is 15.8. The van der Waals surface area contributed by atoms with E-state index < -0.39 is 0 Å². The number of aliphatic hydroxyl groups excluding tert-OH is 2. The van der Waals surface area contributed by atoms with Crippen molar-refractivity contribution in [2.24, 2.45) is 0 Å². The van der Waals surface area contributed by atoms with Crippen molar-refractivity contribution in [3.63, 3.8) is 0 Å². The SMILES string of the molecule is CCCO.CCCO.[CH3-].[CH3-].[CH3-].[Ti+3]. The quantitative estimate of drug-likeness (QED) is 0.545. The van der Waals surface area contributed by atoms with Crippen molar-refractivity contribution in [1.82, 2.24) is 0 Å². The zero-order chi connectivity index (χ0) is 6.83. The van der Waals surface area contributed by atoms with Crippen LogP contribution in [0.15, 0.2) is 0 Å². The van der Waals surface area contributed by atoms with Gasteiger partial charge in [0.05, 0.1) is 0 Å². The van der Waals surface area contributed by atoms with Gasteiger partial charge in [-0.3, -0.25) is 0 Å². The molecular formula is C9H25O2Ti. The van der Waals surface area contributed by atoms with Gasteiger partial charge in [-0.05, 0) is 12.8 Å². The molecule has 0 amide bonds. The third-order valence-corrected chi connectivity index (χ3v) is 0.447. The fourth-order valence-electron chi connectivity index (χ4n) is 0. The van der Waals surface area contributed by atoms with Crippen LogP contribution in [0.2, 0.25) is 0 Å². The van der Waals surface area contributed by atoms with E-state index in [1.807, 2.05) is 13.8 Å². The molecule has 0 rings (SSSR count). The van der Waals surface area contributed by atoms with Gasteiger partial charge in [-0.15, -0.1) is 0 Å². The molecule has 1 radical (unpaired) electrons. The Morgan fingerprint density at radius 3 is 0.833 bits per heavy atom. The Morgan fingerprint density at radius 2 is 0.833 bits per heavy atom. The minimum Gasteiger partial charge on any atom is -0.396 e. The van der Waals surface area contributed by atoms with Crippen molar-refractivity contribution in [1.29, 1.82) is 0 Å². The van der Waals surface area contributed by atoms with Gasteiger partial charge in [0.25, 0.3) is 0 Å². The molecule has 0 fully saturated rings. The summed E-state index contributed by atoms with van der Waals surface area (Å²) in [7, 11) is 0. The molecule has 77 valence electrons. The van der Waals surface area contributed by atoms with Gasteiger partial charge in [0.1, 0.15) is 0 Å². The Kier molecular flexibility index (Phi) is 198. The molecule has 0 unspecified atom stereocenters. The van der Waals surface area contributed by atoms with Crippen molar-refractivity contribution < 1.29 is 31.9 Å². The van der Waals surface area contributed by atoms with Gasteiger partial charge in [0, 0.05) is 13.2 Å². The fourth-order valence-corrected chi connectivity index (χ4v) is 0. The maximum atomic E-state index is 7.88. The Labute approximate surface area is 94.3 Å². The summed E-state index contributed by atoms with van der Waals surface area (Å²) < 4.78 is 0. The monoisotopic (exact) mass is 213 g/mol. The van der Waals surface area contributed by atoms with Crippen LogP contribution in [0, 0.1) is 22.3 Å². The maximum Gasteiger partial charge on any atom is 3.00 e. The first kappa shape index (κ1) is 38.9. The summed E-state index contributed by atoms with van der Waals surface area (Å²) in [6, 6.07) is 0. The molecule has 2 N–H and O–H groups in total. The molecule has 0 aliphatic rings. The first-order valence-corrected chi connectivity index (χ1v) is 3.05. The molecule has 3 heteroatoms. The Bertz CT molecular complexity index is 20.5. The van der Waals surface area contributed by atoms with Gasteiger partial charge in [-0.2, -0.15) is 0 Å². The van der Waals surface area contributed by atoms with E-state index in [-0.39, 0.29) is 44.0 Å². The zero-order valence-corrected chi connectivity index (χ0v) is 10.8. The van der Waals surface area contributed by atoms with E-state index in [1.54, 1.807) is 0 Å². The number of hydrogen-bond acceptors (Lipinski definition) is 2. The summed E-state index contributed by atoms with van der Waals surface area (Å²) in [5.41, 5.74) is 0. The molecule has 0 aliphatic heterocycles. The second-order valence-corrected chi connectivity index (χ2v) is 1.45. The second-order valence-electron chi connectivity index (χ2n) is 1.45. The van der Waals surface area contributed by atoms with E-state index >= 15 is 0 Å². The van der Waals surface area contributed by atoms with Crippen LogP contribution < -0.4 is 0 Å². The molecule has 0 saturated heterocycles. The van der Waals surface area contributed by atoms with E-state index in [0.717, 1.165) is 12.8 Å². The van der Waals surface area contributed by atoms with Gasteiger partial charge < -0.3 is 32.5 Å². The minimum atomic E-state index is 0. The van der Waals surface area contributed by atoms with Crippen molar-refractivity contribution in [3.05, 3.63) is 22.3 Å². The zero-order valence-electron chi connectivity index (χ0n) is 9.22. The van der Waals surface area contributed by atoms with Crippen molar-refractivity contribution in [2.75, 3.05) is 13.2 Å². The number of hydrogen-bond donors (Lipinski definition) is 2. The molecule has 0 aliphatic carbocycles. The third-order valence-electron chi connectivity index (χ3n) is 0.447. The van der Waals surface area contributed by atoms with E-state index in [2.05, 4.69) is 0 Å². The molecule has 0 aromatic carbocycles. The molecular weight excluding hydrogens is 188 g/mol. The fraction of sp³-hybridized carbons (Fsp3) is 0.667. The molecule has 12 heavy (non-hydrogen) atoms. The minimum absolute atomic E-state index is 0. The molecule has 0 aromatic rings. The molecule has 0 spiro atoms. The largest absolute Gasteiger partial charge is 3.00 e. The van der Waals surface area contributed by atoms with Crippen molar-refractivity contribution in [2.45, 2.75) is 26.7 Å². The maximum absolute atomic E-state index is 7.88. The van der Waals surface area contributed by atoms with E-state index in [4.69, 9.17) is 10.2 Å². The van der Waals surface area contributed by atoms with Gasteiger partial charge in [-0.25, -0.2) is 0 Å². The van der Waals surface area contributed by atoms with E-state index in [0.29, 0.717) is 13.2 Å². The Morgan fingerprint density at radius 1 is 0.750 bits per heavy atom. The summed E-state index contributed by atoms with van der Waals surface area (Å²) in [6.07, 6.45) is 1.75. The summed E-state index contributed by atoms with van der Waals surface area (Å²) in [6.45, 7) is 4.50. The van der Waals surface area contributed by atoms with Gasteiger partial charge in [0.2, 0.25) is 0 Å². The summed E-state index contributed by atoms with van der Waals surface area (Å²) in [5.74, 6) is 0. The van der Waals surface area contributed by atoms with Crippen LogP contribution in [-0.2, 0) is 21.7 Å². The Balaban J connectivity index is -0.0000000112. The first-order chi connectivity index (χ1) is 3.83. The van der Waals surface area contributed by atoms with E-state index in [9.17, 15) is 0 Å². The molecule has 0 bridgehead atoms. The Hall–Kier alpha value is 0.634. The van der Waals surface area contributed by atoms with E-state index in [1.165, 1.54) is 0 Å². The standard InChI is InChI=1S/2C3H8O.3CH3.Ti/c2*1-2-3-4;;;;/h2*4H,2-3H2,1H3;3*1H3;/q;;3*-1;+3. The smallest absolute Gasteiger partial charge is 0.396 e. The number of aliphatic hydroxyl groups is 2. The average Bonchev–Trinajstić information content (AvgIpc) is 1.88. The molecule has 0 saturated carbocycles. The predicted octanol–water partition coefficient (Wildman–Crippen LogP) is 2.13. The van der Waals surface area contributed by atoms with Crippen LogP contribution in [0.5, 0.6) is 0 Å². The first-order valence-electron chi connectivity index (χ1n) is 3.05. The number of rotatable bonds is 2. The predicted molar refractivity (Wildman–Crippen MR) is 54.0 cm³/mol. The van der Waals surface area contributed by atoms with Crippen LogP contribution in [0.1, 0.15) is 26.7 Å². The molecule has 0 heterocycles. The second kappa shape index (κ2) is 61.3. The van der Waals surface area contributed by atoms with Crippen LogP contribution in [0.3, 0.4) is 0 Å². The van der Waals surface area contributed by atoms with Crippen molar-refractivity contribution in [3.8, 4) is 0 Å².